The van der Waals surface area contributed by atoms with Crippen LogP contribution in [0.4, 0.5) is 0 Å². The predicted octanol–water partition coefficient (Wildman–Crippen LogP) is 5.48. The maximum absolute atomic E-state index is 6.27. The van der Waals surface area contributed by atoms with Crippen LogP contribution in [0.3, 0.4) is 0 Å². The Bertz CT molecular complexity index is 363. The molecule has 3 atom stereocenters. The molecule has 0 radical (unpaired) electrons. The second-order valence-corrected chi connectivity index (χ2v) is 6.79. The monoisotopic (exact) mass is 374 g/mol. The zero-order valence-corrected chi connectivity index (χ0v) is 13.9. The molecule has 0 amide bonds. The second kappa shape index (κ2) is 7.06. The lowest BCUT2D eigenvalue weighted by Crippen LogP contribution is -2.24. The number of hydrogen-bond donors (Lipinski definition) is 0. The molecule has 100 valence electrons. The van der Waals surface area contributed by atoms with Gasteiger partial charge in [0.25, 0.3) is 0 Å². The standard InChI is InChI=1S/C15H20Br2O/c1-11-3-2-4-14(9-11)18-15(10-16)12-5-7-13(17)8-6-12/h5-8,11,14-15H,2-4,9-10H2,1H3. The molecule has 0 bridgehead atoms. The van der Waals surface area contributed by atoms with Gasteiger partial charge in [-0.15, -0.1) is 0 Å². The van der Waals surface area contributed by atoms with E-state index in [0.717, 1.165) is 15.7 Å². The molecule has 1 aliphatic rings. The van der Waals surface area contributed by atoms with Crippen LogP contribution in [-0.4, -0.2) is 11.4 Å². The number of halogens is 2. The Morgan fingerprint density at radius 1 is 1.28 bits per heavy atom. The van der Waals surface area contributed by atoms with Gasteiger partial charge >= 0.3 is 0 Å². The van der Waals surface area contributed by atoms with E-state index >= 15 is 0 Å². The first-order valence-electron chi connectivity index (χ1n) is 6.66. The maximum atomic E-state index is 6.27. The average Bonchev–Trinajstić information content (AvgIpc) is 2.37. The fourth-order valence-corrected chi connectivity index (χ4v) is 3.41. The van der Waals surface area contributed by atoms with Crippen molar-refractivity contribution in [2.45, 2.75) is 44.8 Å². The molecule has 0 aliphatic heterocycles. The third kappa shape index (κ3) is 4.07. The first kappa shape index (κ1) is 14.5. The molecule has 1 saturated carbocycles. The van der Waals surface area contributed by atoms with E-state index in [2.05, 4.69) is 63.0 Å². The normalized spacial score (nSPS) is 25.9. The van der Waals surface area contributed by atoms with Gasteiger partial charge in [0.2, 0.25) is 0 Å². The van der Waals surface area contributed by atoms with Gasteiger partial charge in [0.15, 0.2) is 0 Å². The molecule has 1 aromatic rings. The quantitative estimate of drug-likeness (QED) is 0.633. The molecular formula is C15H20Br2O. The fourth-order valence-electron chi connectivity index (χ4n) is 2.62. The van der Waals surface area contributed by atoms with E-state index in [9.17, 15) is 0 Å². The Morgan fingerprint density at radius 3 is 2.61 bits per heavy atom. The molecule has 1 fully saturated rings. The zero-order chi connectivity index (χ0) is 13.0. The number of alkyl halides is 1. The lowest BCUT2D eigenvalue weighted by Gasteiger charge is -2.30. The van der Waals surface area contributed by atoms with Gasteiger partial charge in [0.1, 0.15) is 0 Å². The average molecular weight is 376 g/mol. The van der Waals surface area contributed by atoms with Gasteiger partial charge in [-0.2, -0.15) is 0 Å². The lowest BCUT2D eigenvalue weighted by molar-refractivity contribution is -0.0290. The predicted molar refractivity (Wildman–Crippen MR) is 83.2 cm³/mol. The summed E-state index contributed by atoms with van der Waals surface area (Å²) in [6.07, 6.45) is 5.69. The molecule has 1 aromatic carbocycles. The van der Waals surface area contributed by atoms with E-state index in [1.807, 2.05) is 0 Å². The minimum absolute atomic E-state index is 0.174. The number of hydrogen-bond acceptors (Lipinski definition) is 1. The Morgan fingerprint density at radius 2 is 2.00 bits per heavy atom. The summed E-state index contributed by atoms with van der Waals surface area (Å²) in [5.41, 5.74) is 1.26. The van der Waals surface area contributed by atoms with Crippen LogP contribution in [0.5, 0.6) is 0 Å². The van der Waals surface area contributed by atoms with Crippen molar-refractivity contribution in [3.63, 3.8) is 0 Å². The Labute approximate surface area is 127 Å². The molecular weight excluding hydrogens is 356 g/mol. The van der Waals surface area contributed by atoms with Crippen molar-refractivity contribution in [2.24, 2.45) is 5.92 Å². The van der Waals surface area contributed by atoms with Crippen LogP contribution in [0, 0.1) is 5.92 Å². The third-order valence-corrected chi connectivity index (χ3v) is 4.74. The second-order valence-electron chi connectivity index (χ2n) is 5.22. The van der Waals surface area contributed by atoms with Crippen molar-refractivity contribution in [1.29, 1.82) is 0 Å². The molecule has 3 unspecified atom stereocenters. The van der Waals surface area contributed by atoms with Crippen LogP contribution in [0.2, 0.25) is 0 Å². The van der Waals surface area contributed by atoms with Crippen molar-refractivity contribution in [3.05, 3.63) is 34.3 Å². The minimum Gasteiger partial charge on any atom is -0.369 e. The SMILES string of the molecule is CC1CCCC(OC(CBr)c2ccc(Br)cc2)C1. The Hall–Kier alpha value is 0.140. The molecule has 1 nitrogen and oxygen atoms in total. The van der Waals surface area contributed by atoms with Gasteiger partial charge in [-0.05, 0) is 36.5 Å². The van der Waals surface area contributed by atoms with Crippen molar-refractivity contribution in [2.75, 3.05) is 5.33 Å². The van der Waals surface area contributed by atoms with Gasteiger partial charge in [0.05, 0.1) is 12.2 Å². The number of ether oxygens (including phenoxy) is 1. The largest absolute Gasteiger partial charge is 0.369 e. The highest BCUT2D eigenvalue weighted by molar-refractivity contribution is 9.10. The van der Waals surface area contributed by atoms with Crippen molar-refractivity contribution < 1.29 is 4.74 Å². The van der Waals surface area contributed by atoms with E-state index in [-0.39, 0.29) is 6.10 Å². The Kier molecular flexibility index (Phi) is 5.71. The van der Waals surface area contributed by atoms with Gasteiger partial charge in [-0.25, -0.2) is 0 Å². The van der Waals surface area contributed by atoms with Crippen molar-refractivity contribution >= 4 is 31.9 Å². The fraction of sp³-hybridized carbons (Fsp3) is 0.600. The molecule has 3 heteroatoms. The first-order chi connectivity index (χ1) is 8.69. The summed E-state index contributed by atoms with van der Waals surface area (Å²) in [6, 6.07) is 8.44. The molecule has 2 rings (SSSR count). The molecule has 1 aliphatic carbocycles. The molecule has 18 heavy (non-hydrogen) atoms. The van der Waals surface area contributed by atoms with Gasteiger partial charge < -0.3 is 4.74 Å². The van der Waals surface area contributed by atoms with Gasteiger partial charge in [-0.3, -0.25) is 0 Å². The number of rotatable bonds is 4. The van der Waals surface area contributed by atoms with Crippen molar-refractivity contribution in [1.82, 2.24) is 0 Å². The Balaban J connectivity index is 1.98. The summed E-state index contributed by atoms with van der Waals surface area (Å²) in [4.78, 5) is 0. The van der Waals surface area contributed by atoms with Crippen molar-refractivity contribution in [3.8, 4) is 0 Å². The zero-order valence-electron chi connectivity index (χ0n) is 10.7. The van der Waals surface area contributed by atoms with Gasteiger partial charge in [-0.1, -0.05) is 63.8 Å². The topological polar surface area (TPSA) is 9.23 Å². The third-order valence-electron chi connectivity index (χ3n) is 3.63. The van der Waals surface area contributed by atoms with E-state index in [4.69, 9.17) is 4.74 Å². The number of benzene rings is 1. The summed E-state index contributed by atoms with van der Waals surface area (Å²) in [7, 11) is 0. The lowest BCUT2D eigenvalue weighted by atomic mass is 9.88. The van der Waals surface area contributed by atoms with Crippen LogP contribution in [-0.2, 0) is 4.74 Å². The molecule has 0 heterocycles. The maximum Gasteiger partial charge on any atom is 0.0925 e. The van der Waals surface area contributed by atoms with Crippen LogP contribution >= 0.6 is 31.9 Å². The van der Waals surface area contributed by atoms with E-state index < -0.39 is 0 Å². The highest BCUT2D eigenvalue weighted by Gasteiger charge is 2.23. The van der Waals surface area contributed by atoms with E-state index in [1.54, 1.807) is 0 Å². The molecule has 0 spiro atoms. The molecule has 0 aromatic heterocycles. The minimum atomic E-state index is 0.174. The highest BCUT2D eigenvalue weighted by Crippen LogP contribution is 2.31. The van der Waals surface area contributed by atoms with Crippen LogP contribution < -0.4 is 0 Å². The smallest absolute Gasteiger partial charge is 0.0925 e. The summed E-state index contributed by atoms with van der Waals surface area (Å²) < 4.78 is 7.39. The van der Waals surface area contributed by atoms with E-state index in [1.165, 1.54) is 31.2 Å². The summed E-state index contributed by atoms with van der Waals surface area (Å²) in [5, 5.41) is 0.861. The highest BCUT2D eigenvalue weighted by atomic mass is 79.9. The summed E-state index contributed by atoms with van der Waals surface area (Å²) in [5.74, 6) is 0.810. The summed E-state index contributed by atoms with van der Waals surface area (Å²) in [6.45, 7) is 2.33. The molecule has 0 saturated heterocycles. The van der Waals surface area contributed by atoms with Crippen LogP contribution in [0.15, 0.2) is 28.7 Å². The van der Waals surface area contributed by atoms with Crippen LogP contribution in [0.25, 0.3) is 0 Å². The first-order valence-corrected chi connectivity index (χ1v) is 8.57. The van der Waals surface area contributed by atoms with Crippen LogP contribution in [0.1, 0.15) is 44.3 Å². The molecule has 0 N–H and O–H groups in total. The van der Waals surface area contributed by atoms with E-state index in [0.29, 0.717) is 6.10 Å². The van der Waals surface area contributed by atoms with Gasteiger partial charge in [0, 0.05) is 9.80 Å². The summed E-state index contributed by atoms with van der Waals surface area (Å²) >= 11 is 7.05.